The number of nitrogens with zero attached hydrogens (tertiary/aromatic N) is 4. The van der Waals surface area contributed by atoms with Gasteiger partial charge in [0.05, 0.1) is 13.2 Å². The Morgan fingerprint density at radius 1 is 1.06 bits per heavy atom. The SMILES string of the molecule is CCNC(=NCCCCN1CCN(CC)CC1)N1CCOC(c2ccc(C)cc2C)C1. The molecule has 1 unspecified atom stereocenters. The van der Waals surface area contributed by atoms with Gasteiger partial charge in [0.15, 0.2) is 5.96 Å². The lowest BCUT2D eigenvalue weighted by molar-refractivity contribution is -0.00833. The summed E-state index contributed by atoms with van der Waals surface area (Å²) in [5.74, 6) is 1.04. The molecule has 174 valence electrons. The molecule has 0 spiro atoms. The number of likely N-dealkylation sites (N-methyl/N-ethyl adjacent to an activating group) is 1. The van der Waals surface area contributed by atoms with Crippen molar-refractivity contribution in [2.45, 2.75) is 46.6 Å². The summed E-state index contributed by atoms with van der Waals surface area (Å²) >= 11 is 0. The predicted molar refractivity (Wildman–Crippen MR) is 130 cm³/mol. The summed E-state index contributed by atoms with van der Waals surface area (Å²) in [6, 6.07) is 6.66. The summed E-state index contributed by atoms with van der Waals surface area (Å²) in [7, 11) is 0. The molecule has 2 heterocycles. The van der Waals surface area contributed by atoms with E-state index in [4.69, 9.17) is 9.73 Å². The van der Waals surface area contributed by atoms with Crippen LogP contribution in [0.5, 0.6) is 0 Å². The summed E-state index contributed by atoms with van der Waals surface area (Å²) in [6.07, 6.45) is 2.48. The Balaban J connectivity index is 1.48. The highest BCUT2D eigenvalue weighted by Gasteiger charge is 2.25. The second-order valence-corrected chi connectivity index (χ2v) is 8.88. The van der Waals surface area contributed by atoms with Gasteiger partial charge in [-0.15, -0.1) is 0 Å². The third-order valence-electron chi connectivity index (χ3n) is 6.53. The molecule has 1 aromatic carbocycles. The number of morpholine rings is 1. The fourth-order valence-corrected chi connectivity index (χ4v) is 4.60. The molecule has 31 heavy (non-hydrogen) atoms. The first-order valence-corrected chi connectivity index (χ1v) is 12.3. The first-order chi connectivity index (χ1) is 15.1. The van der Waals surface area contributed by atoms with E-state index in [1.165, 1.54) is 62.4 Å². The molecule has 2 fully saturated rings. The van der Waals surface area contributed by atoms with Crippen LogP contribution in [0.25, 0.3) is 0 Å². The molecule has 0 bridgehead atoms. The number of hydrogen-bond donors (Lipinski definition) is 1. The Hall–Kier alpha value is -1.63. The molecule has 3 rings (SSSR count). The Labute approximate surface area is 189 Å². The van der Waals surface area contributed by atoms with Gasteiger partial charge >= 0.3 is 0 Å². The Morgan fingerprint density at radius 2 is 1.84 bits per heavy atom. The second-order valence-electron chi connectivity index (χ2n) is 8.88. The van der Waals surface area contributed by atoms with Crippen molar-refractivity contribution in [3.8, 4) is 0 Å². The predicted octanol–water partition coefficient (Wildman–Crippen LogP) is 3.06. The first-order valence-electron chi connectivity index (χ1n) is 12.3. The Morgan fingerprint density at radius 3 is 2.55 bits per heavy atom. The van der Waals surface area contributed by atoms with Crippen molar-refractivity contribution in [1.82, 2.24) is 20.0 Å². The third-order valence-corrected chi connectivity index (χ3v) is 6.53. The van der Waals surface area contributed by atoms with Crippen LogP contribution in [0.4, 0.5) is 0 Å². The number of unbranched alkanes of at least 4 members (excludes halogenated alkanes) is 1. The molecule has 0 radical (unpaired) electrons. The molecule has 6 heteroatoms. The van der Waals surface area contributed by atoms with E-state index < -0.39 is 0 Å². The zero-order valence-corrected chi connectivity index (χ0v) is 20.2. The fourth-order valence-electron chi connectivity index (χ4n) is 4.60. The number of nitrogens with one attached hydrogen (secondary N) is 1. The van der Waals surface area contributed by atoms with E-state index in [0.717, 1.165) is 45.2 Å². The van der Waals surface area contributed by atoms with Gasteiger partial charge in [-0.25, -0.2) is 0 Å². The van der Waals surface area contributed by atoms with Crippen LogP contribution >= 0.6 is 0 Å². The highest BCUT2D eigenvalue weighted by molar-refractivity contribution is 5.80. The van der Waals surface area contributed by atoms with Crippen LogP contribution in [0.2, 0.25) is 0 Å². The lowest BCUT2D eigenvalue weighted by Gasteiger charge is -2.36. The van der Waals surface area contributed by atoms with Crippen molar-refractivity contribution in [2.75, 3.05) is 72.1 Å². The van der Waals surface area contributed by atoms with E-state index in [1.54, 1.807) is 0 Å². The van der Waals surface area contributed by atoms with E-state index in [0.29, 0.717) is 0 Å². The van der Waals surface area contributed by atoms with Gasteiger partial charge in [-0.2, -0.15) is 0 Å². The van der Waals surface area contributed by atoms with E-state index in [9.17, 15) is 0 Å². The number of benzene rings is 1. The lowest BCUT2D eigenvalue weighted by atomic mass is 10.00. The molecule has 1 aromatic rings. The quantitative estimate of drug-likeness (QED) is 0.391. The van der Waals surface area contributed by atoms with Gasteiger partial charge in [0.1, 0.15) is 6.10 Å². The minimum absolute atomic E-state index is 0.111. The Bertz CT molecular complexity index is 699. The van der Waals surface area contributed by atoms with Crippen LogP contribution in [-0.4, -0.2) is 92.7 Å². The zero-order valence-electron chi connectivity index (χ0n) is 20.2. The topological polar surface area (TPSA) is 43.3 Å². The standard InChI is InChI=1S/C25H43N5O/c1-5-26-25(27-11-7-8-12-29-15-13-28(6-2)14-16-29)30-17-18-31-24(20-30)23-10-9-21(3)19-22(23)4/h9-10,19,24H,5-8,11-18,20H2,1-4H3,(H,26,27). The summed E-state index contributed by atoms with van der Waals surface area (Å²) in [5, 5.41) is 3.50. The molecule has 6 nitrogen and oxygen atoms in total. The van der Waals surface area contributed by atoms with Crippen LogP contribution in [0.15, 0.2) is 23.2 Å². The van der Waals surface area contributed by atoms with E-state index in [1.807, 2.05) is 0 Å². The summed E-state index contributed by atoms with van der Waals surface area (Å²) in [4.78, 5) is 12.5. The average Bonchev–Trinajstić information content (AvgIpc) is 2.78. The fraction of sp³-hybridized carbons (Fsp3) is 0.720. The van der Waals surface area contributed by atoms with Crippen molar-refractivity contribution < 1.29 is 4.74 Å². The molecular formula is C25H43N5O. The van der Waals surface area contributed by atoms with Crippen molar-refractivity contribution in [2.24, 2.45) is 4.99 Å². The van der Waals surface area contributed by atoms with Gasteiger partial charge in [0.2, 0.25) is 0 Å². The second kappa shape index (κ2) is 12.4. The third kappa shape index (κ3) is 7.19. The molecule has 0 aliphatic carbocycles. The maximum absolute atomic E-state index is 6.14. The van der Waals surface area contributed by atoms with E-state index in [2.05, 4.69) is 65.9 Å². The van der Waals surface area contributed by atoms with Gasteiger partial charge in [-0.3, -0.25) is 4.99 Å². The first kappa shape index (κ1) is 24.0. The van der Waals surface area contributed by atoms with Crippen LogP contribution in [-0.2, 0) is 4.74 Å². The van der Waals surface area contributed by atoms with Crippen LogP contribution < -0.4 is 5.32 Å². The van der Waals surface area contributed by atoms with Crippen LogP contribution in [0.1, 0.15) is 49.5 Å². The van der Waals surface area contributed by atoms with Gasteiger partial charge in [0, 0.05) is 45.8 Å². The molecule has 1 N–H and O–H groups in total. The van der Waals surface area contributed by atoms with Crippen molar-refractivity contribution in [3.05, 3.63) is 34.9 Å². The average molecular weight is 430 g/mol. The van der Waals surface area contributed by atoms with Crippen molar-refractivity contribution in [1.29, 1.82) is 0 Å². The summed E-state index contributed by atoms with van der Waals surface area (Å²) < 4.78 is 6.14. The number of aryl methyl sites for hydroxylation is 2. The normalized spacial score (nSPS) is 21.5. The summed E-state index contributed by atoms with van der Waals surface area (Å²) in [5.41, 5.74) is 3.92. The van der Waals surface area contributed by atoms with Crippen molar-refractivity contribution >= 4 is 5.96 Å². The lowest BCUT2D eigenvalue weighted by Crippen LogP contribution is -2.48. The highest BCUT2D eigenvalue weighted by Crippen LogP contribution is 2.26. The van der Waals surface area contributed by atoms with Gasteiger partial charge in [0.25, 0.3) is 0 Å². The molecule has 0 saturated carbocycles. The highest BCUT2D eigenvalue weighted by atomic mass is 16.5. The van der Waals surface area contributed by atoms with Crippen LogP contribution in [0, 0.1) is 13.8 Å². The minimum Gasteiger partial charge on any atom is -0.370 e. The number of piperazine rings is 1. The molecule has 2 saturated heterocycles. The van der Waals surface area contributed by atoms with E-state index in [-0.39, 0.29) is 6.10 Å². The van der Waals surface area contributed by atoms with Gasteiger partial charge in [-0.1, -0.05) is 30.7 Å². The monoisotopic (exact) mass is 429 g/mol. The molecular weight excluding hydrogens is 386 g/mol. The Kier molecular flexibility index (Phi) is 9.62. The molecule has 1 atom stereocenters. The molecule has 2 aliphatic heterocycles. The maximum atomic E-state index is 6.14. The van der Waals surface area contributed by atoms with Gasteiger partial charge < -0.3 is 24.8 Å². The number of hydrogen-bond acceptors (Lipinski definition) is 4. The van der Waals surface area contributed by atoms with Crippen LogP contribution in [0.3, 0.4) is 0 Å². The number of aliphatic imine (C=N–C) groups is 1. The van der Waals surface area contributed by atoms with E-state index >= 15 is 0 Å². The molecule has 0 aromatic heterocycles. The molecule has 0 amide bonds. The summed E-state index contributed by atoms with van der Waals surface area (Å²) in [6.45, 7) is 20.3. The maximum Gasteiger partial charge on any atom is 0.194 e. The van der Waals surface area contributed by atoms with Gasteiger partial charge in [-0.05, 0) is 57.8 Å². The number of guanidine groups is 1. The van der Waals surface area contributed by atoms with Crippen molar-refractivity contribution in [3.63, 3.8) is 0 Å². The number of ether oxygens (including phenoxy) is 1. The largest absolute Gasteiger partial charge is 0.370 e. The number of rotatable bonds is 8. The zero-order chi connectivity index (χ0) is 22.1. The smallest absolute Gasteiger partial charge is 0.194 e. The minimum atomic E-state index is 0.111. The molecule has 2 aliphatic rings.